The van der Waals surface area contributed by atoms with Crippen LogP contribution in [0.5, 0.6) is 5.75 Å². The van der Waals surface area contributed by atoms with Crippen LogP contribution in [-0.4, -0.2) is 57.1 Å². The van der Waals surface area contributed by atoms with E-state index in [1.54, 1.807) is 37.4 Å². The summed E-state index contributed by atoms with van der Waals surface area (Å²) in [5.74, 6) is 0.00426. The van der Waals surface area contributed by atoms with Gasteiger partial charge in [-0.3, -0.25) is 4.79 Å². The Balaban J connectivity index is 1.47. The van der Waals surface area contributed by atoms with Crippen molar-refractivity contribution in [1.82, 2.24) is 10.6 Å². The van der Waals surface area contributed by atoms with Gasteiger partial charge in [0.1, 0.15) is 11.9 Å². The van der Waals surface area contributed by atoms with Gasteiger partial charge in [-0.25, -0.2) is 8.42 Å². The molecule has 0 saturated carbocycles. The van der Waals surface area contributed by atoms with E-state index in [1.165, 1.54) is 0 Å². The Morgan fingerprint density at radius 1 is 0.818 bits per heavy atom. The molecule has 0 fully saturated rings. The van der Waals surface area contributed by atoms with Crippen LogP contribution < -0.4 is 15.4 Å². The van der Waals surface area contributed by atoms with Crippen molar-refractivity contribution in [2.75, 3.05) is 19.4 Å². The summed E-state index contributed by atoms with van der Waals surface area (Å²) in [5.41, 5.74) is 2.80. The van der Waals surface area contributed by atoms with E-state index < -0.39 is 34.0 Å². The predicted molar refractivity (Wildman–Crippen MR) is 171 cm³/mol. The number of nitrogens with one attached hydrogen (secondary N) is 2. The topological polar surface area (TPSA) is 114 Å². The smallest absolute Gasteiger partial charge is 0.249 e. The summed E-state index contributed by atoms with van der Waals surface area (Å²) in [6, 6.07) is 34.1. The molecule has 4 aromatic rings. The van der Waals surface area contributed by atoms with E-state index in [0.717, 1.165) is 22.4 Å². The summed E-state index contributed by atoms with van der Waals surface area (Å²) in [5, 5.41) is 17.5. The third kappa shape index (κ3) is 10.3. The summed E-state index contributed by atoms with van der Waals surface area (Å²) >= 11 is 0. The van der Waals surface area contributed by atoms with Gasteiger partial charge in [-0.2, -0.15) is 0 Å². The summed E-state index contributed by atoms with van der Waals surface area (Å²) in [4.78, 5) is 13.9. The van der Waals surface area contributed by atoms with Crippen LogP contribution in [0.25, 0.3) is 0 Å². The van der Waals surface area contributed by atoms with Crippen LogP contribution >= 0.6 is 0 Å². The van der Waals surface area contributed by atoms with Gasteiger partial charge in [-0.15, -0.1) is 0 Å². The zero-order valence-corrected chi connectivity index (χ0v) is 25.7. The summed E-state index contributed by atoms with van der Waals surface area (Å²) < 4.78 is 37.4. The molecule has 0 aromatic heterocycles. The molecule has 44 heavy (non-hydrogen) atoms. The second-order valence-electron chi connectivity index (χ2n) is 10.6. The zero-order chi connectivity index (χ0) is 31.2. The fourth-order valence-electron chi connectivity index (χ4n) is 4.79. The lowest BCUT2D eigenvalue weighted by Gasteiger charge is -2.27. The molecule has 4 rings (SSSR count). The Kier molecular flexibility index (Phi) is 12.5. The predicted octanol–water partition coefficient (Wildman–Crippen LogP) is 4.32. The molecule has 3 atom stereocenters. The fraction of sp³-hybridized carbons (Fsp3) is 0.286. The SMILES string of the molecule is COc1cccc(CNC[C@@H](O)[C@H](Cc2ccccc2)NC(=O)C(CCS(=O)(=O)c2ccccc2)OCc2ccccc2)c1. The molecule has 3 N–H and O–H groups in total. The van der Waals surface area contributed by atoms with Crippen LogP contribution in [0.15, 0.2) is 120 Å². The molecule has 232 valence electrons. The van der Waals surface area contributed by atoms with Gasteiger partial charge in [-0.05, 0) is 53.8 Å². The first-order valence-corrected chi connectivity index (χ1v) is 16.3. The number of sulfone groups is 1. The van der Waals surface area contributed by atoms with Crippen LogP contribution in [0, 0.1) is 0 Å². The number of aliphatic hydroxyl groups excluding tert-OH is 1. The first kappa shape index (κ1) is 32.9. The number of methoxy groups -OCH3 is 1. The minimum atomic E-state index is -3.64. The average molecular weight is 617 g/mol. The molecule has 0 aliphatic heterocycles. The summed E-state index contributed by atoms with van der Waals surface area (Å²) in [6.45, 7) is 0.853. The minimum Gasteiger partial charge on any atom is -0.497 e. The van der Waals surface area contributed by atoms with Gasteiger partial charge in [0.25, 0.3) is 0 Å². The molecule has 0 radical (unpaired) electrons. The molecule has 1 unspecified atom stereocenters. The standard InChI is InChI=1S/C35H40N2O6S/c1-42-30-17-11-16-29(22-30)24-36-25-33(38)32(23-27-12-5-2-6-13-27)37-35(39)34(43-26-28-14-7-3-8-15-28)20-21-44(40,41)31-18-9-4-10-19-31/h2-19,22,32-34,36,38H,20-21,23-26H2,1H3,(H,37,39)/t32-,33+,34?/m0/s1. The average Bonchev–Trinajstić information content (AvgIpc) is 3.05. The second-order valence-corrected chi connectivity index (χ2v) is 12.7. The third-order valence-electron chi connectivity index (χ3n) is 7.24. The summed E-state index contributed by atoms with van der Waals surface area (Å²) in [7, 11) is -2.02. The normalized spacial score (nSPS) is 13.5. The summed E-state index contributed by atoms with van der Waals surface area (Å²) in [6.07, 6.45) is -1.66. The lowest BCUT2D eigenvalue weighted by Crippen LogP contribution is -2.51. The Hall–Kier alpha value is -4.02. The number of ether oxygens (including phenoxy) is 2. The van der Waals surface area contributed by atoms with Gasteiger partial charge in [0.2, 0.25) is 5.91 Å². The van der Waals surface area contributed by atoms with Crippen molar-refractivity contribution in [2.24, 2.45) is 0 Å². The molecule has 0 saturated heterocycles. The fourth-order valence-corrected chi connectivity index (χ4v) is 6.12. The third-order valence-corrected chi connectivity index (χ3v) is 9.01. The van der Waals surface area contributed by atoms with Crippen molar-refractivity contribution < 1.29 is 27.8 Å². The molecule has 0 aliphatic carbocycles. The number of carbonyl (C=O) groups excluding carboxylic acids is 1. The van der Waals surface area contributed by atoms with Crippen molar-refractivity contribution in [3.63, 3.8) is 0 Å². The van der Waals surface area contributed by atoms with Gasteiger partial charge in [0.15, 0.2) is 9.84 Å². The van der Waals surface area contributed by atoms with Crippen LogP contribution in [0.3, 0.4) is 0 Å². The van der Waals surface area contributed by atoms with Gasteiger partial charge in [-0.1, -0.05) is 91.0 Å². The number of hydrogen-bond acceptors (Lipinski definition) is 7. The van der Waals surface area contributed by atoms with E-state index in [9.17, 15) is 18.3 Å². The molecular weight excluding hydrogens is 576 g/mol. The monoisotopic (exact) mass is 616 g/mol. The van der Waals surface area contributed by atoms with Crippen LogP contribution in [-0.2, 0) is 38.9 Å². The van der Waals surface area contributed by atoms with Crippen LogP contribution in [0.1, 0.15) is 23.1 Å². The molecule has 4 aromatic carbocycles. The molecule has 0 spiro atoms. The highest BCUT2D eigenvalue weighted by Crippen LogP contribution is 2.16. The highest BCUT2D eigenvalue weighted by atomic mass is 32.2. The lowest BCUT2D eigenvalue weighted by molar-refractivity contribution is -0.135. The van der Waals surface area contributed by atoms with Crippen molar-refractivity contribution in [3.8, 4) is 5.75 Å². The van der Waals surface area contributed by atoms with Crippen molar-refractivity contribution in [2.45, 2.75) is 49.1 Å². The molecule has 0 heterocycles. The zero-order valence-electron chi connectivity index (χ0n) is 24.8. The van der Waals surface area contributed by atoms with Crippen LogP contribution in [0.4, 0.5) is 0 Å². The number of aliphatic hydroxyl groups is 1. The van der Waals surface area contributed by atoms with E-state index in [1.807, 2.05) is 84.9 Å². The Bertz CT molecular complexity index is 1540. The lowest BCUT2D eigenvalue weighted by atomic mass is 10.0. The van der Waals surface area contributed by atoms with Crippen molar-refractivity contribution in [3.05, 3.63) is 132 Å². The van der Waals surface area contributed by atoms with E-state index in [-0.39, 0.29) is 30.2 Å². The molecular formula is C35H40N2O6S. The first-order chi connectivity index (χ1) is 21.3. The minimum absolute atomic E-state index is 0.0435. The first-order valence-electron chi connectivity index (χ1n) is 14.6. The van der Waals surface area contributed by atoms with Crippen molar-refractivity contribution in [1.29, 1.82) is 0 Å². The number of amides is 1. The molecule has 1 amide bonds. The van der Waals surface area contributed by atoms with Crippen LogP contribution in [0.2, 0.25) is 0 Å². The Morgan fingerprint density at radius 3 is 2.09 bits per heavy atom. The van der Waals surface area contributed by atoms with Gasteiger partial charge in [0.05, 0.1) is 36.5 Å². The second kappa shape index (κ2) is 16.7. The Labute approximate surface area is 260 Å². The van der Waals surface area contributed by atoms with E-state index in [4.69, 9.17) is 9.47 Å². The highest BCUT2D eigenvalue weighted by Gasteiger charge is 2.28. The highest BCUT2D eigenvalue weighted by molar-refractivity contribution is 7.91. The largest absolute Gasteiger partial charge is 0.497 e. The molecule has 8 nitrogen and oxygen atoms in total. The maximum absolute atomic E-state index is 13.7. The van der Waals surface area contributed by atoms with Gasteiger partial charge < -0.3 is 25.2 Å². The number of hydrogen-bond donors (Lipinski definition) is 3. The quantitative estimate of drug-likeness (QED) is 0.162. The van der Waals surface area contributed by atoms with Gasteiger partial charge >= 0.3 is 0 Å². The van der Waals surface area contributed by atoms with E-state index >= 15 is 0 Å². The van der Waals surface area contributed by atoms with E-state index in [0.29, 0.717) is 13.0 Å². The molecule has 9 heteroatoms. The maximum Gasteiger partial charge on any atom is 0.249 e. The van der Waals surface area contributed by atoms with E-state index in [2.05, 4.69) is 10.6 Å². The Morgan fingerprint density at radius 2 is 1.43 bits per heavy atom. The van der Waals surface area contributed by atoms with Crippen molar-refractivity contribution >= 4 is 15.7 Å². The maximum atomic E-state index is 13.7. The molecule has 0 bridgehead atoms. The number of carbonyl (C=O) groups is 1. The number of rotatable bonds is 17. The molecule has 0 aliphatic rings. The van der Waals surface area contributed by atoms with Gasteiger partial charge in [0, 0.05) is 13.1 Å². The number of benzene rings is 4.